The van der Waals surface area contributed by atoms with Gasteiger partial charge in [-0.1, -0.05) is 39.0 Å². The molecule has 0 fully saturated rings. The number of nitrogens with zero attached hydrogens (tertiary/aromatic N) is 2. The Hall–Kier alpha value is -3.03. The molecule has 0 saturated carbocycles. The van der Waals surface area contributed by atoms with Gasteiger partial charge < -0.3 is 4.74 Å². The number of alkyl halides is 15. The molecule has 0 unspecified atom stereocenters. The predicted octanol–water partition coefficient (Wildman–Crippen LogP) is 10.8. The van der Waals surface area contributed by atoms with Crippen LogP contribution in [0.3, 0.4) is 0 Å². The minimum Gasteiger partial charge on any atom is -0.493 e. The van der Waals surface area contributed by atoms with Crippen molar-refractivity contribution in [3.8, 4) is 17.1 Å². The Morgan fingerprint density at radius 3 is 1.78 bits per heavy atom. The molecule has 0 aliphatic rings. The van der Waals surface area contributed by atoms with Crippen LogP contribution in [-0.2, 0) is 15.9 Å². The molecule has 20 heteroatoms. The Morgan fingerprint density at radius 1 is 0.612 bits per heavy atom. The van der Waals surface area contributed by atoms with Gasteiger partial charge in [0, 0.05) is 24.4 Å². The number of unbranched alkanes of at least 4 members (excludes halogenated alkanes) is 6. The van der Waals surface area contributed by atoms with Gasteiger partial charge in [-0.25, -0.2) is 19.4 Å². The van der Waals surface area contributed by atoms with Crippen molar-refractivity contribution in [3.63, 3.8) is 0 Å². The minimum absolute atomic E-state index is 0.327. The molecule has 0 radical (unpaired) electrons. The fourth-order valence-corrected chi connectivity index (χ4v) is 4.16. The van der Waals surface area contributed by atoms with Crippen molar-refractivity contribution in [2.24, 2.45) is 0 Å². The van der Waals surface area contributed by atoms with Crippen molar-refractivity contribution in [1.29, 1.82) is 0 Å². The Bertz CT molecular complexity index is 1310. The van der Waals surface area contributed by atoms with Crippen LogP contribution < -0.4 is 4.74 Å². The van der Waals surface area contributed by atoms with Crippen LogP contribution in [0.15, 0.2) is 36.7 Å². The molecule has 49 heavy (non-hydrogen) atoms. The molecular formula is C29H31F15N2O3. The summed E-state index contributed by atoms with van der Waals surface area (Å²) in [6, 6.07) is 6.54. The summed E-state index contributed by atoms with van der Waals surface area (Å²) in [6.45, 7) is 1.74. The van der Waals surface area contributed by atoms with E-state index in [1.54, 1.807) is 29.0 Å². The summed E-state index contributed by atoms with van der Waals surface area (Å²) in [5, 5.41) is 0. The standard InChI is InChI=1S/C29H31F15N2O3/c1-2-3-4-5-6-7-11-19-18-20(22-45-15-10-16-46-22)12-13-21(19)47-17-9-8-14-23(30,31)48-28(41,42)29(43,44)49-27(39,40)25(34,35)24(32,33)26(36,37)38/h10,12-13,15-16,18H,2-9,11,14,17H2,1H3. The Labute approximate surface area is 270 Å². The summed E-state index contributed by atoms with van der Waals surface area (Å²) in [5.41, 5.74) is 1.34. The number of aromatic nitrogens is 2. The van der Waals surface area contributed by atoms with E-state index in [9.17, 15) is 65.9 Å². The van der Waals surface area contributed by atoms with Gasteiger partial charge in [-0.2, -0.15) is 65.9 Å². The quantitative estimate of drug-likeness (QED) is 0.0942. The Balaban J connectivity index is 2.02. The first-order chi connectivity index (χ1) is 22.4. The van der Waals surface area contributed by atoms with E-state index in [1.807, 2.05) is 0 Å². The maximum atomic E-state index is 14.0. The van der Waals surface area contributed by atoms with E-state index >= 15 is 0 Å². The minimum atomic E-state index is -7.90. The molecule has 0 aliphatic carbocycles. The fraction of sp³-hybridized carbons (Fsp3) is 0.655. The Kier molecular flexibility index (Phi) is 14.0. The summed E-state index contributed by atoms with van der Waals surface area (Å²) < 4.78 is 208. The lowest BCUT2D eigenvalue weighted by Gasteiger charge is -2.36. The number of halogens is 15. The molecule has 0 atom stereocenters. The van der Waals surface area contributed by atoms with E-state index in [1.165, 1.54) is 12.4 Å². The van der Waals surface area contributed by atoms with Crippen LogP contribution in [0.5, 0.6) is 5.75 Å². The van der Waals surface area contributed by atoms with E-state index in [0.29, 0.717) is 29.1 Å². The van der Waals surface area contributed by atoms with Crippen LogP contribution in [0.25, 0.3) is 11.4 Å². The lowest BCUT2D eigenvalue weighted by Crippen LogP contribution is -2.64. The zero-order valence-electron chi connectivity index (χ0n) is 25.5. The third-order valence-electron chi connectivity index (χ3n) is 6.79. The zero-order valence-corrected chi connectivity index (χ0v) is 25.5. The van der Waals surface area contributed by atoms with Gasteiger partial charge >= 0.3 is 42.5 Å². The van der Waals surface area contributed by atoms with E-state index in [0.717, 1.165) is 38.5 Å². The first-order valence-electron chi connectivity index (χ1n) is 14.7. The van der Waals surface area contributed by atoms with E-state index in [2.05, 4.69) is 21.6 Å². The third kappa shape index (κ3) is 11.0. The smallest absolute Gasteiger partial charge is 0.460 e. The van der Waals surface area contributed by atoms with Gasteiger partial charge in [-0.15, -0.1) is 0 Å². The first kappa shape index (κ1) is 42.1. The maximum Gasteiger partial charge on any atom is 0.460 e. The third-order valence-corrected chi connectivity index (χ3v) is 6.79. The molecule has 5 nitrogen and oxygen atoms in total. The molecule has 0 bridgehead atoms. The molecule has 0 saturated heterocycles. The van der Waals surface area contributed by atoms with Gasteiger partial charge in [0.15, 0.2) is 5.82 Å². The van der Waals surface area contributed by atoms with Gasteiger partial charge in [0.25, 0.3) is 0 Å². The number of benzene rings is 1. The average molecular weight is 741 g/mol. The van der Waals surface area contributed by atoms with Gasteiger partial charge in [-0.05, 0) is 55.5 Å². The molecule has 2 aromatic rings. The highest BCUT2D eigenvalue weighted by Gasteiger charge is 2.85. The number of hydrogen-bond acceptors (Lipinski definition) is 5. The summed E-state index contributed by atoms with van der Waals surface area (Å²) >= 11 is 0. The molecule has 0 amide bonds. The zero-order chi connectivity index (χ0) is 37.4. The fourth-order valence-electron chi connectivity index (χ4n) is 4.16. The number of hydrogen-bond donors (Lipinski definition) is 0. The summed E-state index contributed by atoms with van der Waals surface area (Å²) in [7, 11) is 0. The molecule has 0 spiro atoms. The SMILES string of the molecule is CCCCCCCCc1cc(-c2ncccn2)ccc1OCCCCC(F)(F)OC(F)(F)C(F)(F)OC(F)(F)C(F)(F)C(F)(F)C(F)(F)F. The van der Waals surface area contributed by atoms with Gasteiger partial charge in [0.2, 0.25) is 0 Å². The van der Waals surface area contributed by atoms with Crippen molar-refractivity contribution >= 4 is 0 Å². The summed E-state index contributed by atoms with van der Waals surface area (Å²) in [5.74, 6) is -14.9. The predicted molar refractivity (Wildman–Crippen MR) is 142 cm³/mol. The monoisotopic (exact) mass is 740 g/mol. The first-order valence-corrected chi connectivity index (χ1v) is 14.7. The molecule has 0 N–H and O–H groups in total. The van der Waals surface area contributed by atoms with Crippen LogP contribution >= 0.6 is 0 Å². The summed E-state index contributed by atoms with van der Waals surface area (Å²) in [6.07, 6.45) is -28.2. The molecule has 1 aromatic heterocycles. The van der Waals surface area contributed by atoms with Crippen molar-refractivity contribution in [2.45, 2.75) is 114 Å². The molecule has 2 rings (SSSR count). The Morgan fingerprint density at radius 2 is 1.18 bits per heavy atom. The van der Waals surface area contributed by atoms with Crippen molar-refractivity contribution < 1.29 is 80.1 Å². The molecule has 1 heterocycles. The second kappa shape index (κ2) is 16.3. The van der Waals surface area contributed by atoms with Crippen molar-refractivity contribution in [2.75, 3.05) is 6.61 Å². The summed E-state index contributed by atoms with van der Waals surface area (Å²) in [4.78, 5) is 8.32. The van der Waals surface area contributed by atoms with Gasteiger partial charge in [-0.3, -0.25) is 0 Å². The van der Waals surface area contributed by atoms with E-state index in [-0.39, 0.29) is 13.0 Å². The largest absolute Gasteiger partial charge is 0.493 e. The van der Waals surface area contributed by atoms with Crippen LogP contribution in [0.4, 0.5) is 65.9 Å². The van der Waals surface area contributed by atoms with E-state index < -0.39 is 55.3 Å². The van der Waals surface area contributed by atoms with Crippen LogP contribution in [0, 0.1) is 0 Å². The molecular weight excluding hydrogens is 709 g/mol. The van der Waals surface area contributed by atoms with E-state index in [4.69, 9.17) is 4.74 Å². The highest BCUT2D eigenvalue weighted by molar-refractivity contribution is 5.58. The molecule has 280 valence electrons. The topological polar surface area (TPSA) is 53.5 Å². The molecule has 0 aliphatic heterocycles. The number of ether oxygens (including phenoxy) is 3. The van der Waals surface area contributed by atoms with Crippen LogP contribution in [-0.4, -0.2) is 59.0 Å². The number of rotatable bonds is 21. The maximum absolute atomic E-state index is 14.0. The second-order valence-electron chi connectivity index (χ2n) is 10.8. The van der Waals surface area contributed by atoms with Crippen LogP contribution in [0.2, 0.25) is 0 Å². The van der Waals surface area contributed by atoms with Crippen LogP contribution in [0.1, 0.15) is 70.3 Å². The highest BCUT2D eigenvalue weighted by atomic mass is 19.4. The lowest BCUT2D eigenvalue weighted by atomic mass is 10.0. The second-order valence-corrected chi connectivity index (χ2v) is 10.8. The van der Waals surface area contributed by atoms with Crippen molar-refractivity contribution in [1.82, 2.24) is 9.97 Å². The lowest BCUT2D eigenvalue weighted by molar-refractivity contribution is -0.542. The van der Waals surface area contributed by atoms with Crippen molar-refractivity contribution in [3.05, 3.63) is 42.2 Å². The van der Waals surface area contributed by atoms with Gasteiger partial charge in [0.05, 0.1) is 6.61 Å². The van der Waals surface area contributed by atoms with Gasteiger partial charge in [0.1, 0.15) is 5.75 Å². The highest BCUT2D eigenvalue weighted by Crippen LogP contribution is 2.56. The average Bonchev–Trinajstić information content (AvgIpc) is 2.97. The number of aryl methyl sites for hydroxylation is 1. The normalized spacial score (nSPS) is 14.0. The molecule has 1 aromatic carbocycles.